The molecule has 0 unspecified atom stereocenters. The Hall–Kier alpha value is -2.69. The molecule has 110 valence electrons. The number of benzene rings is 2. The Labute approximate surface area is 123 Å². The lowest BCUT2D eigenvalue weighted by atomic mass is 10.1. The fourth-order valence-corrected chi connectivity index (χ4v) is 1.98. The summed E-state index contributed by atoms with van der Waals surface area (Å²) >= 11 is 0. The van der Waals surface area contributed by atoms with E-state index in [4.69, 9.17) is 10.5 Å². The monoisotopic (exact) mass is 286 g/mol. The van der Waals surface area contributed by atoms with Crippen molar-refractivity contribution in [1.82, 2.24) is 0 Å². The second-order valence-electron chi connectivity index (χ2n) is 4.57. The predicted octanol–water partition coefficient (Wildman–Crippen LogP) is 2.65. The quantitative estimate of drug-likeness (QED) is 0.847. The zero-order valence-electron chi connectivity index (χ0n) is 12.0. The fraction of sp³-hybridized carbons (Fsp3) is 0.188. The molecule has 0 aliphatic carbocycles. The van der Waals surface area contributed by atoms with Crippen molar-refractivity contribution < 1.29 is 14.6 Å². The highest BCUT2D eigenvalue weighted by molar-refractivity contribution is 6.06. The molecule has 3 N–H and O–H groups in total. The highest BCUT2D eigenvalue weighted by atomic mass is 16.5. The zero-order chi connectivity index (χ0) is 15.4. The van der Waals surface area contributed by atoms with Crippen molar-refractivity contribution in [3.05, 3.63) is 48.0 Å². The number of phenols is 1. The first-order chi connectivity index (χ1) is 10.0. The molecule has 0 heterocycles. The maximum atomic E-state index is 12.4. The largest absolute Gasteiger partial charge is 0.508 e. The minimum absolute atomic E-state index is 0.110. The molecule has 21 heavy (non-hydrogen) atoms. The van der Waals surface area contributed by atoms with Gasteiger partial charge in [0.25, 0.3) is 5.91 Å². The number of phenolic OH excluding ortho intramolecular Hbond substituents is 1. The van der Waals surface area contributed by atoms with E-state index in [9.17, 15) is 9.90 Å². The van der Waals surface area contributed by atoms with Gasteiger partial charge in [0, 0.05) is 24.4 Å². The molecule has 0 aliphatic rings. The first-order valence-corrected chi connectivity index (χ1v) is 6.62. The summed E-state index contributed by atoms with van der Waals surface area (Å²) in [5, 5.41) is 9.48. The topological polar surface area (TPSA) is 75.8 Å². The Balaban J connectivity index is 2.25. The van der Waals surface area contributed by atoms with Crippen molar-refractivity contribution in [1.29, 1.82) is 0 Å². The van der Waals surface area contributed by atoms with Gasteiger partial charge in [-0.05, 0) is 37.3 Å². The maximum absolute atomic E-state index is 12.4. The Kier molecular flexibility index (Phi) is 4.33. The molecule has 2 aromatic rings. The van der Waals surface area contributed by atoms with E-state index in [1.165, 1.54) is 11.0 Å². The van der Waals surface area contributed by atoms with Crippen LogP contribution in [0.1, 0.15) is 17.3 Å². The standard InChI is InChI=1S/C16H18N2O3/c1-3-21-15-8-7-11(9-14(15)17)16(20)18(2)12-5-4-6-13(19)10-12/h4-10,19H,3,17H2,1-2H3. The van der Waals surface area contributed by atoms with Crippen LogP contribution in [-0.4, -0.2) is 24.7 Å². The number of nitrogen functional groups attached to an aromatic ring is 1. The van der Waals surface area contributed by atoms with Gasteiger partial charge >= 0.3 is 0 Å². The normalized spacial score (nSPS) is 10.2. The number of carbonyl (C=O) groups excluding carboxylic acids is 1. The van der Waals surface area contributed by atoms with E-state index < -0.39 is 0 Å². The van der Waals surface area contributed by atoms with Crippen molar-refractivity contribution in [2.24, 2.45) is 0 Å². The minimum Gasteiger partial charge on any atom is -0.508 e. The van der Waals surface area contributed by atoms with Gasteiger partial charge in [-0.15, -0.1) is 0 Å². The molecule has 0 atom stereocenters. The lowest BCUT2D eigenvalue weighted by molar-refractivity contribution is 0.0993. The van der Waals surface area contributed by atoms with Gasteiger partial charge in [0.1, 0.15) is 11.5 Å². The second-order valence-corrected chi connectivity index (χ2v) is 4.57. The van der Waals surface area contributed by atoms with Crippen molar-refractivity contribution in [3.8, 4) is 11.5 Å². The maximum Gasteiger partial charge on any atom is 0.258 e. The van der Waals surface area contributed by atoms with Crippen LogP contribution in [0.3, 0.4) is 0 Å². The average molecular weight is 286 g/mol. The molecule has 5 nitrogen and oxygen atoms in total. The van der Waals surface area contributed by atoms with Gasteiger partial charge in [0.2, 0.25) is 0 Å². The Morgan fingerprint density at radius 2 is 2.05 bits per heavy atom. The summed E-state index contributed by atoms with van der Waals surface area (Å²) < 4.78 is 5.35. The van der Waals surface area contributed by atoms with E-state index in [0.29, 0.717) is 29.3 Å². The molecule has 0 aromatic heterocycles. The highest BCUT2D eigenvalue weighted by Gasteiger charge is 2.15. The van der Waals surface area contributed by atoms with Crippen LogP contribution < -0.4 is 15.4 Å². The van der Waals surface area contributed by atoms with E-state index in [1.54, 1.807) is 43.4 Å². The van der Waals surface area contributed by atoms with Crippen LogP contribution in [0, 0.1) is 0 Å². The lowest BCUT2D eigenvalue weighted by Gasteiger charge is -2.18. The third-order valence-electron chi connectivity index (χ3n) is 3.08. The molecular weight excluding hydrogens is 268 g/mol. The number of carbonyl (C=O) groups is 1. The van der Waals surface area contributed by atoms with E-state index in [0.717, 1.165) is 0 Å². The summed E-state index contributed by atoms with van der Waals surface area (Å²) in [4.78, 5) is 13.9. The van der Waals surface area contributed by atoms with E-state index in [-0.39, 0.29) is 11.7 Å². The molecule has 2 aromatic carbocycles. The van der Waals surface area contributed by atoms with Crippen LogP contribution in [0.25, 0.3) is 0 Å². The van der Waals surface area contributed by atoms with Gasteiger partial charge in [-0.3, -0.25) is 4.79 Å². The molecule has 0 radical (unpaired) electrons. The molecule has 5 heteroatoms. The van der Waals surface area contributed by atoms with Gasteiger partial charge in [-0.2, -0.15) is 0 Å². The van der Waals surface area contributed by atoms with Crippen LogP contribution in [0.5, 0.6) is 11.5 Å². The average Bonchev–Trinajstić information content (AvgIpc) is 2.48. The number of ether oxygens (including phenoxy) is 1. The predicted molar refractivity (Wildman–Crippen MR) is 82.9 cm³/mol. The van der Waals surface area contributed by atoms with Gasteiger partial charge in [-0.1, -0.05) is 6.07 Å². The number of hydrogen-bond donors (Lipinski definition) is 2. The Morgan fingerprint density at radius 3 is 2.67 bits per heavy atom. The van der Waals surface area contributed by atoms with Gasteiger partial charge in [0.05, 0.1) is 12.3 Å². The second kappa shape index (κ2) is 6.17. The SMILES string of the molecule is CCOc1ccc(C(=O)N(C)c2cccc(O)c2)cc1N. The summed E-state index contributed by atoms with van der Waals surface area (Å²) in [5.74, 6) is 0.461. The highest BCUT2D eigenvalue weighted by Crippen LogP contribution is 2.25. The molecular formula is C16H18N2O3. The minimum atomic E-state index is -0.213. The van der Waals surface area contributed by atoms with Crippen molar-refractivity contribution >= 4 is 17.3 Å². The number of hydrogen-bond acceptors (Lipinski definition) is 4. The van der Waals surface area contributed by atoms with E-state index in [1.807, 2.05) is 6.92 Å². The first-order valence-electron chi connectivity index (χ1n) is 6.62. The van der Waals surface area contributed by atoms with E-state index >= 15 is 0 Å². The summed E-state index contributed by atoms with van der Waals surface area (Å²) in [7, 11) is 1.64. The van der Waals surface area contributed by atoms with Crippen molar-refractivity contribution in [2.75, 3.05) is 24.3 Å². The fourth-order valence-electron chi connectivity index (χ4n) is 1.98. The summed E-state index contributed by atoms with van der Waals surface area (Å²) in [5.41, 5.74) is 7.36. The first kappa shape index (κ1) is 14.7. The summed E-state index contributed by atoms with van der Waals surface area (Å²) in [6, 6.07) is 11.4. The summed E-state index contributed by atoms with van der Waals surface area (Å²) in [6.45, 7) is 2.38. The molecule has 2 rings (SSSR count). The van der Waals surface area contributed by atoms with Gasteiger partial charge < -0.3 is 20.5 Å². The summed E-state index contributed by atoms with van der Waals surface area (Å²) in [6.07, 6.45) is 0. The van der Waals surface area contributed by atoms with Crippen LogP contribution in [0.2, 0.25) is 0 Å². The molecule has 0 saturated carbocycles. The molecule has 0 bridgehead atoms. The third kappa shape index (κ3) is 3.25. The van der Waals surface area contributed by atoms with Crippen molar-refractivity contribution in [2.45, 2.75) is 6.92 Å². The van der Waals surface area contributed by atoms with Gasteiger partial charge in [0.15, 0.2) is 0 Å². The molecule has 0 fully saturated rings. The number of amides is 1. The molecule has 0 spiro atoms. The van der Waals surface area contributed by atoms with Crippen molar-refractivity contribution in [3.63, 3.8) is 0 Å². The van der Waals surface area contributed by atoms with Crippen LogP contribution in [0.4, 0.5) is 11.4 Å². The Bertz CT molecular complexity index is 656. The number of rotatable bonds is 4. The number of aromatic hydroxyl groups is 1. The zero-order valence-corrected chi connectivity index (χ0v) is 12.0. The molecule has 1 amide bonds. The molecule has 0 saturated heterocycles. The smallest absolute Gasteiger partial charge is 0.258 e. The van der Waals surface area contributed by atoms with Gasteiger partial charge in [-0.25, -0.2) is 0 Å². The lowest BCUT2D eigenvalue weighted by Crippen LogP contribution is -2.26. The van der Waals surface area contributed by atoms with Crippen LogP contribution in [-0.2, 0) is 0 Å². The number of nitrogens with zero attached hydrogens (tertiary/aromatic N) is 1. The third-order valence-corrected chi connectivity index (χ3v) is 3.08. The Morgan fingerprint density at radius 1 is 1.29 bits per heavy atom. The van der Waals surface area contributed by atoms with Crippen LogP contribution in [0.15, 0.2) is 42.5 Å². The number of anilines is 2. The molecule has 0 aliphatic heterocycles. The van der Waals surface area contributed by atoms with Crippen LogP contribution >= 0.6 is 0 Å². The number of nitrogens with two attached hydrogens (primary N) is 1. The van der Waals surface area contributed by atoms with E-state index in [2.05, 4.69) is 0 Å².